The molecule has 0 fully saturated rings. The number of rotatable bonds is 6. The lowest BCUT2D eigenvalue weighted by molar-refractivity contribution is -0.143. The monoisotopic (exact) mass is 283 g/mol. The van der Waals surface area contributed by atoms with Crippen molar-refractivity contribution in [2.75, 3.05) is 20.2 Å². The van der Waals surface area contributed by atoms with Crippen LogP contribution in [0.4, 0.5) is 4.39 Å². The van der Waals surface area contributed by atoms with E-state index in [0.29, 0.717) is 0 Å². The van der Waals surface area contributed by atoms with E-state index in [1.165, 1.54) is 31.0 Å². The number of hydrogen-bond donors (Lipinski definition) is 1. The summed E-state index contributed by atoms with van der Waals surface area (Å²) in [5, 5.41) is 8.77. The molecule has 0 aliphatic carbocycles. The van der Waals surface area contributed by atoms with Crippen molar-refractivity contribution in [2.24, 2.45) is 5.92 Å². The molecule has 0 radical (unpaired) electrons. The van der Waals surface area contributed by atoms with Crippen LogP contribution in [-0.4, -0.2) is 42.1 Å². The van der Waals surface area contributed by atoms with E-state index in [-0.39, 0.29) is 18.9 Å². The molecule has 1 unspecified atom stereocenters. The maximum atomic E-state index is 13.4. The summed E-state index contributed by atoms with van der Waals surface area (Å²) in [5.74, 6) is -2.57. The fourth-order valence-electron chi connectivity index (χ4n) is 1.56. The molecule has 0 heterocycles. The number of benzene rings is 1. The number of amides is 1. The molecular formula is C14H18FNO4. The first kappa shape index (κ1) is 15.9. The quantitative estimate of drug-likeness (QED) is 0.862. The number of aryl methyl sites for hydroxylation is 1. The summed E-state index contributed by atoms with van der Waals surface area (Å²) < 4.78 is 18.5. The number of carboxylic acid groups (broad SMARTS) is 1. The van der Waals surface area contributed by atoms with Gasteiger partial charge in [0, 0.05) is 13.6 Å². The first-order chi connectivity index (χ1) is 9.31. The number of likely N-dealkylation sites (N-methyl/N-ethyl adjacent to an activating group) is 1. The summed E-state index contributed by atoms with van der Waals surface area (Å²) in [6, 6.07) is 4.37. The Hall–Kier alpha value is -2.11. The zero-order valence-corrected chi connectivity index (χ0v) is 11.7. The first-order valence-electron chi connectivity index (χ1n) is 6.17. The first-order valence-corrected chi connectivity index (χ1v) is 6.17. The van der Waals surface area contributed by atoms with E-state index in [9.17, 15) is 14.0 Å². The molecule has 1 atom stereocenters. The highest BCUT2D eigenvalue weighted by atomic mass is 19.1. The van der Waals surface area contributed by atoms with Gasteiger partial charge < -0.3 is 14.7 Å². The number of nitrogens with zero attached hydrogens (tertiary/aromatic N) is 1. The molecule has 0 bridgehead atoms. The number of carbonyl (C=O) groups is 2. The van der Waals surface area contributed by atoms with E-state index < -0.39 is 23.6 Å². The van der Waals surface area contributed by atoms with Gasteiger partial charge in [-0.3, -0.25) is 9.59 Å². The van der Waals surface area contributed by atoms with Crippen LogP contribution in [0.15, 0.2) is 18.2 Å². The topological polar surface area (TPSA) is 66.8 Å². The number of carbonyl (C=O) groups excluding carboxylic acids is 1. The van der Waals surface area contributed by atoms with E-state index in [0.717, 1.165) is 5.56 Å². The number of ether oxygens (including phenoxy) is 1. The number of carboxylic acids is 1. The number of halogens is 1. The van der Waals surface area contributed by atoms with Crippen molar-refractivity contribution in [3.63, 3.8) is 0 Å². The molecule has 1 aromatic carbocycles. The summed E-state index contributed by atoms with van der Waals surface area (Å²) in [6.45, 7) is 3.04. The third kappa shape index (κ3) is 4.53. The molecule has 1 rings (SSSR count). The van der Waals surface area contributed by atoms with Crippen molar-refractivity contribution in [2.45, 2.75) is 13.8 Å². The molecule has 1 N–H and O–H groups in total. The second-order valence-electron chi connectivity index (χ2n) is 4.74. The van der Waals surface area contributed by atoms with Gasteiger partial charge in [0.25, 0.3) is 5.91 Å². The van der Waals surface area contributed by atoms with Crippen molar-refractivity contribution in [1.29, 1.82) is 0 Å². The van der Waals surface area contributed by atoms with Gasteiger partial charge in [-0.25, -0.2) is 4.39 Å². The van der Waals surface area contributed by atoms with Crippen LogP contribution in [-0.2, 0) is 9.59 Å². The van der Waals surface area contributed by atoms with Crippen molar-refractivity contribution >= 4 is 11.9 Å². The highest BCUT2D eigenvalue weighted by Gasteiger charge is 2.18. The van der Waals surface area contributed by atoms with Gasteiger partial charge in [-0.15, -0.1) is 0 Å². The summed E-state index contributed by atoms with van der Waals surface area (Å²) in [5.41, 5.74) is 0.821. The van der Waals surface area contributed by atoms with Crippen molar-refractivity contribution in [3.8, 4) is 5.75 Å². The van der Waals surface area contributed by atoms with Crippen LogP contribution >= 0.6 is 0 Å². The Balaban J connectivity index is 2.54. The van der Waals surface area contributed by atoms with E-state index in [2.05, 4.69) is 0 Å². The standard InChI is InChI=1S/C14H18FNO4/c1-9-4-5-11(15)12(6-9)20-8-13(17)16(3)7-10(2)14(18)19/h4-6,10H,7-8H2,1-3H3,(H,18,19). The lowest BCUT2D eigenvalue weighted by Crippen LogP contribution is -2.36. The normalized spacial score (nSPS) is 11.8. The van der Waals surface area contributed by atoms with Crippen molar-refractivity contribution < 1.29 is 23.8 Å². The zero-order chi connectivity index (χ0) is 15.3. The smallest absolute Gasteiger partial charge is 0.308 e. The molecular weight excluding hydrogens is 265 g/mol. The zero-order valence-electron chi connectivity index (χ0n) is 11.7. The van der Waals surface area contributed by atoms with Gasteiger partial charge in [-0.2, -0.15) is 0 Å². The third-order valence-electron chi connectivity index (χ3n) is 2.83. The Labute approximate surface area is 117 Å². The average Bonchev–Trinajstić information content (AvgIpc) is 2.39. The van der Waals surface area contributed by atoms with Crippen LogP contribution in [0.1, 0.15) is 12.5 Å². The van der Waals surface area contributed by atoms with E-state index in [1.54, 1.807) is 13.0 Å². The Morgan fingerprint density at radius 3 is 2.70 bits per heavy atom. The molecule has 0 saturated heterocycles. The van der Waals surface area contributed by atoms with E-state index >= 15 is 0 Å². The molecule has 1 aromatic rings. The Bertz CT molecular complexity index is 504. The fourth-order valence-corrected chi connectivity index (χ4v) is 1.56. The molecule has 0 spiro atoms. The molecule has 20 heavy (non-hydrogen) atoms. The van der Waals surface area contributed by atoms with Crippen LogP contribution in [0, 0.1) is 18.7 Å². The minimum atomic E-state index is -0.977. The molecule has 110 valence electrons. The lowest BCUT2D eigenvalue weighted by atomic mass is 10.2. The molecule has 6 heteroatoms. The minimum absolute atomic E-state index is 0.0121. The Kier molecular flexibility index (Phi) is 5.49. The van der Waals surface area contributed by atoms with E-state index in [4.69, 9.17) is 9.84 Å². The van der Waals surface area contributed by atoms with Gasteiger partial charge in [-0.1, -0.05) is 13.0 Å². The average molecular weight is 283 g/mol. The van der Waals surface area contributed by atoms with Crippen LogP contribution in [0.5, 0.6) is 5.75 Å². The van der Waals surface area contributed by atoms with Crippen molar-refractivity contribution in [1.82, 2.24) is 4.90 Å². The molecule has 0 saturated carbocycles. The van der Waals surface area contributed by atoms with Gasteiger partial charge in [0.05, 0.1) is 5.92 Å². The summed E-state index contributed by atoms with van der Waals surface area (Å²) in [6.07, 6.45) is 0. The molecule has 0 aromatic heterocycles. The predicted molar refractivity (Wildman–Crippen MR) is 71.1 cm³/mol. The van der Waals surface area contributed by atoms with Gasteiger partial charge >= 0.3 is 5.97 Å². The largest absolute Gasteiger partial charge is 0.481 e. The van der Waals surface area contributed by atoms with Gasteiger partial charge in [0.15, 0.2) is 18.2 Å². The van der Waals surface area contributed by atoms with Gasteiger partial charge in [-0.05, 0) is 24.6 Å². The molecule has 0 aliphatic rings. The minimum Gasteiger partial charge on any atom is -0.481 e. The predicted octanol–water partition coefficient (Wildman–Crippen LogP) is 1.69. The fraction of sp³-hybridized carbons (Fsp3) is 0.429. The van der Waals surface area contributed by atoms with Crippen molar-refractivity contribution in [3.05, 3.63) is 29.6 Å². The highest BCUT2D eigenvalue weighted by Crippen LogP contribution is 2.18. The maximum absolute atomic E-state index is 13.4. The second-order valence-corrected chi connectivity index (χ2v) is 4.74. The summed E-state index contributed by atoms with van der Waals surface area (Å²) >= 11 is 0. The Morgan fingerprint density at radius 1 is 1.45 bits per heavy atom. The highest BCUT2D eigenvalue weighted by molar-refractivity contribution is 5.78. The van der Waals surface area contributed by atoms with Gasteiger partial charge in [0.1, 0.15) is 0 Å². The summed E-state index contributed by atoms with van der Waals surface area (Å²) in [7, 11) is 1.48. The summed E-state index contributed by atoms with van der Waals surface area (Å²) in [4.78, 5) is 23.7. The van der Waals surface area contributed by atoms with Crippen LogP contribution in [0.3, 0.4) is 0 Å². The van der Waals surface area contributed by atoms with Crippen LogP contribution in [0.25, 0.3) is 0 Å². The lowest BCUT2D eigenvalue weighted by Gasteiger charge is -2.19. The second kappa shape index (κ2) is 6.88. The Morgan fingerprint density at radius 2 is 2.10 bits per heavy atom. The van der Waals surface area contributed by atoms with E-state index in [1.807, 2.05) is 0 Å². The SMILES string of the molecule is Cc1ccc(F)c(OCC(=O)N(C)CC(C)C(=O)O)c1. The van der Waals surface area contributed by atoms with Gasteiger partial charge in [0.2, 0.25) is 0 Å². The number of hydrogen-bond acceptors (Lipinski definition) is 3. The van der Waals surface area contributed by atoms with Crippen LogP contribution < -0.4 is 4.74 Å². The maximum Gasteiger partial charge on any atom is 0.308 e. The molecule has 0 aliphatic heterocycles. The molecule has 5 nitrogen and oxygen atoms in total. The third-order valence-corrected chi connectivity index (χ3v) is 2.83. The molecule has 1 amide bonds. The number of aliphatic carboxylic acids is 1. The van der Waals surface area contributed by atoms with Crippen LogP contribution in [0.2, 0.25) is 0 Å².